The number of benzene rings is 1. The van der Waals surface area contributed by atoms with Gasteiger partial charge in [-0.2, -0.15) is 0 Å². The Morgan fingerprint density at radius 3 is 2.43 bits per heavy atom. The summed E-state index contributed by atoms with van der Waals surface area (Å²) in [5.74, 6) is -2.11. The van der Waals surface area contributed by atoms with Crippen molar-refractivity contribution in [2.24, 2.45) is 11.7 Å². The molecule has 2 aromatic rings. The number of aromatic nitrogens is 2. The summed E-state index contributed by atoms with van der Waals surface area (Å²) in [5, 5.41) is 2.56. The first-order chi connectivity index (χ1) is 11.0. The normalized spacial score (nSPS) is 11.7. The molecule has 0 bridgehead atoms. The number of primary amides is 1. The number of carbonyl (C=O) groups is 2. The summed E-state index contributed by atoms with van der Waals surface area (Å²) >= 11 is 0. The van der Waals surface area contributed by atoms with Gasteiger partial charge in [-0.05, 0) is 24.1 Å². The molecule has 1 aromatic heterocycles. The lowest BCUT2D eigenvalue weighted by atomic mass is 9.98. The molecule has 7 nitrogen and oxygen atoms in total. The number of nitrogens with one attached hydrogen (secondary N) is 1. The van der Waals surface area contributed by atoms with Crippen LogP contribution >= 0.6 is 0 Å². The van der Waals surface area contributed by atoms with E-state index in [9.17, 15) is 14.0 Å². The third-order valence-corrected chi connectivity index (χ3v) is 3.25. The molecule has 0 aliphatic heterocycles. The predicted octanol–water partition coefficient (Wildman–Crippen LogP) is 0.272. The van der Waals surface area contributed by atoms with Crippen molar-refractivity contribution >= 4 is 17.6 Å². The molecule has 1 unspecified atom stereocenters. The minimum atomic E-state index is -0.637. The number of hydrogen-bond donors (Lipinski definition) is 3. The molecule has 0 aliphatic rings. The first-order valence-electron chi connectivity index (χ1n) is 6.86. The number of nitrogens with zero attached hydrogens (tertiary/aromatic N) is 2. The largest absolute Gasteiger partial charge is 0.382 e. The van der Waals surface area contributed by atoms with E-state index in [0.29, 0.717) is 0 Å². The highest BCUT2D eigenvalue weighted by Gasteiger charge is 2.19. The maximum atomic E-state index is 12.9. The number of rotatable bonds is 6. The summed E-state index contributed by atoms with van der Waals surface area (Å²) in [6.45, 7) is 0.0154. The molecule has 120 valence electrons. The Balaban J connectivity index is 2.00. The Kier molecular flexibility index (Phi) is 5.19. The average molecular weight is 317 g/mol. The smallest absolute Gasteiger partial charge is 0.273 e. The summed E-state index contributed by atoms with van der Waals surface area (Å²) in [7, 11) is 0. The standard InChI is InChI=1S/C15H16FN5O2/c16-11-3-1-9(2-4-11)7-10(14(18)22)8-21-15(23)12-13(17)20-6-5-19-12/h1-6,10H,7-8H2,(H2,17,20)(H2,18,22)(H,21,23). The van der Waals surface area contributed by atoms with Crippen LogP contribution in [0.5, 0.6) is 0 Å². The molecule has 0 aliphatic carbocycles. The van der Waals surface area contributed by atoms with Crippen LogP contribution in [0.1, 0.15) is 16.1 Å². The third-order valence-electron chi connectivity index (χ3n) is 3.25. The molecule has 0 saturated carbocycles. The molecule has 2 amide bonds. The molecule has 1 atom stereocenters. The second kappa shape index (κ2) is 7.30. The van der Waals surface area contributed by atoms with Gasteiger partial charge in [0, 0.05) is 18.9 Å². The lowest BCUT2D eigenvalue weighted by Gasteiger charge is -2.14. The van der Waals surface area contributed by atoms with Crippen molar-refractivity contribution in [1.29, 1.82) is 0 Å². The Bertz CT molecular complexity index is 705. The summed E-state index contributed by atoms with van der Waals surface area (Å²) in [6.07, 6.45) is 2.99. The molecule has 8 heteroatoms. The van der Waals surface area contributed by atoms with Gasteiger partial charge in [0.05, 0.1) is 5.92 Å². The fourth-order valence-electron chi connectivity index (χ4n) is 2.00. The van der Waals surface area contributed by atoms with Crippen LogP contribution in [0.2, 0.25) is 0 Å². The van der Waals surface area contributed by atoms with E-state index < -0.39 is 17.7 Å². The number of nitrogens with two attached hydrogens (primary N) is 2. The summed E-state index contributed by atoms with van der Waals surface area (Å²) in [6, 6.07) is 5.72. The predicted molar refractivity (Wildman–Crippen MR) is 81.6 cm³/mol. The highest BCUT2D eigenvalue weighted by Crippen LogP contribution is 2.10. The number of nitrogen functional groups attached to an aromatic ring is 1. The molecule has 0 fully saturated rings. The van der Waals surface area contributed by atoms with Crippen molar-refractivity contribution in [2.75, 3.05) is 12.3 Å². The first kappa shape index (κ1) is 16.3. The molecule has 0 spiro atoms. The Hall–Kier alpha value is -3.03. The lowest BCUT2D eigenvalue weighted by Crippen LogP contribution is -2.37. The molecular weight excluding hydrogens is 301 g/mol. The fraction of sp³-hybridized carbons (Fsp3) is 0.200. The van der Waals surface area contributed by atoms with Crippen molar-refractivity contribution < 1.29 is 14.0 Å². The van der Waals surface area contributed by atoms with Gasteiger partial charge in [0.25, 0.3) is 5.91 Å². The Labute approximate surface area is 131 Å². The van der Waals surface area contributed by atoms with E-state index in [1.54, 1.807) is 12.1 Å². The van der Waals surface area contributed by atoms with E-state index in [0.717, 1.165) is 5.56 Å². The van der Waals surface area contributed by atoms with E-state index >= 15 is 0 Å². The minimum absolute atomic E-state index is 0.000778. The molecule has 23 heavy (non-hydrogen) atoms. The van der Waals surface area contributed by atoms with Crippen LogP contribution in [0.3, 0.4) is 0 Å². The molecule has 0 radical (unpaired) electrons. The molecule has 5 N–H and O–H groups in total. The number of amides is 2. The van der Waals surface area contributed by atoms with Crippen molar-refractivity contribution in [2.45, 2.75) is 6.42 Å². The summed E-state index contributed by atoms with van der Waals surface area (Å²) in [5.41, 5.74) is 11.6. The maximum Gasteiger partial charge on any atom is 0.273 e. The zero-order valence-corrected chi connectivity index (χ0v) is 12.2. The zero-order chi connectivity index (χ0) is 16.8. The fourth-order valence-corrected chi connectivity index (χ4v) is 2.00. The van der Waals surface area contributed by atoms with Crippen molar-refractivity contribution in [3.63, 3.8) is 0 Å². The number of halogens is 1. The molecule has 1 aromatic carbocycles. The van der Waals surface area contributed by atoms with Gasteiger partial charge in [0.2, 0.25) is 5.91 Å². The zero-order valence-electron chi connectivity index (χ0n) is 12.2. The van der Waals surface area contributed by atoms with Gasteiger partial charge in [0.1, 0.15) is 5.82 Å². The third kappa shape index (κ3) is 4.47. The van der Waals surface area contributed by atoms with E-state index in [2.05, 4.69) is 15.3 Å². The SMILES string of the molecule is NC(=O)C(CNC(=O)c1nccnc1N)Cc1ccc(F)cc1. The first-order valence-corrected chi connectivity index (χ1v) is 6.86. The highest BCUT2D eigenvalue weighted by molar-refractivity contribution is 5.96. The molecular formula is C15H16FN5O2. The van der Waals surface area contributed by atoms with Crippen LogP contribution in [-0.4, -0.2) is 28.3 Å². The van der Waals surface area contributed by atoms with Crippen molar-refractivity contribution in [1.82, 2.24) is 15.3 Å². The van der Waals surface area contributed by atoms with Crippen LogP contribution in [-0.2, 0) is 11.2 Å². The van der Waals surface area contributed by atoms with E-state index in [4.69, 9.17) is 11.5 Å². The number of anilines is 1. The second-order valence-corrected chi connectivity index (χ2v) is 4.93. The summed E-state index contributed by atoms with van der Waals surface area (Å²) in [4.78, 5) is 31.1. The van der Waals surface area contributed by atoms with Gasteiger partial charge in [-0.25, -0.2) is 14.4 Å². The quantitative estimate of drug-likeness (QED) is 0.705. The number of carbonyl (C=O) groups excluding carboxylic acids is 2. The Morgan fingerprint density at radius 1 is 1.17 bits per heavy atom. The van der Waals surface area contributed by atoms with Gasteiger partial charge in [0.15, 0.2) is 11.5 Å². The van der Waals surface area contributed by atoms with Crippen LogP contribution in [0.4, 0.5) is 10.2 Å². The van der Waals surface area contributed by atoms with Gasteiger partial charge < -0.3 is 16.8 Å². The van der Waals surface area contributed by atoms with Crippen LogP contribution in [0, 0.1) is 11.7 Å². The monoisotopic (exact) mass is 317 g/mol. The topological polar surface area (TPSA) is 124 Å². The van der Waals surface area contributed by atoms with E-state index in [1.807, 2.05) is 0 Å². The molecule has 2 rings (SSSR count). The highest BCUT2D eigenvalue weighted by atomic mass is 19.1. The van der Waals surface area contributed by atoms with E-state index in [-0.39, 0.29) is 30.3 Å². The maximum absolute atomic E-state index is 12.9. The molecule has 0 saturated heterocycles. The summed E-state index contributed by atoms with van der Waals surface area (Å²) < 4.78 is 12.9. The van der Waals surface area contributed by atoms with Crippen LogP contribution in [0.15, 0.2) is 36.7 Å². The molecule has 1 heterocycles. The van der Waals surface area contributed by atoms with Crippen LogP contribution < -0.4 is 16.8 Å². The minimum Gasteiger partial charge on any atom is -0.382 e. The van der Waals surface area contributed by atoms with E-state index in [1.165, 1.54) is 24.5 Å². The van der Waals surface area contributed by atoms with Gasteiger partial charge in [-0.15, -0.1) is 0 Å². The van der Waals surface area contributed by atoms with Gasteiger partial charge >= 0.3 is 0 Å². The average Bonchev–Trinajstić information content (AvgIpc) is 2.53. The lowest BCUT2D eigenvalue weighted by molar-refractivity contribution is -0.121. The van der Waals surface area contributed by atoms with Crippen molar-refractivity contribution in [3.8, 4) is 0 Å². The Morgan fingerprint density at radius 2 is 1.83 bits per heavy atom. The number of hydrogen-bond acceptors (Lipinski definition) is 5. The van der Waals surface area contributed by atoms with Gasteiger partial charge in [-0.3, -0.25) is 9.59 Å². The van der Waals surface area contributed by atoms with Crippen molar-refractivity contribution in [3.05, 3.63) is 53.7 Å². The van der Waals surface area contributed by atoms with Gasteiger partial charge in [-0.1, -0.05) is 12.1 Å². The van der Waals surface area contributed by atoms with Crippen LogP contribution in [0.25, 0.3) is 0 Å². The second-order valence-electron chi connectivity index (χ2n) is 4.93.